The minimum absolute atomic E-state index is 0.458. The van der Waals surface area contributed by atoms with Crippen molar-refractivity contribution in [2.45, 2.75) is 13.5 Å². The molecular weight excluding hydrogens is 154 g/mol. The molecule has 1 rings (SSSR count). The monoisotopic (exact) mass is 167 g/mol. The van der Waals surface area contributed by atoms with Gasteiger partial charge in [0.05, 0.1) is 0 Å². The van der Waals surface area contributed by atoms with Crippen LogP contribution in [0.3, 0.4) is 0 Å². The largest absolute Gasteiger partial charge is 0.377 e. The average molecular weight is 167 g/mol. The van der Waals surface area contributed by atoms with Crippen LogP contribution in [0.5, 0.6) is 0 Å². The predicted octanol–water partition coefficient (Wildman–Crippen LogP) is 1.05. The lowest BCUT2D eigenvalue weighted by Crippen LogP contribution is -2.03. The van der Waals surface area contributed by atoms with E-state index in [9.17, 15) is 0 Å². The number of rotatable bonds is 4. The fourth-order valence-electron chi connectivity index (χ4n) is 0.877. The number of aromatic nitrogens is 2. The molecule has 1 aromatic rings. The van der Waals surface area contributed by atoms with E-state index < -0.39 is 0 Å². The van der Waals surface area contributed by atoms with Gasteiger partial charge < -0.3 is 10.1 Å². The standard InChI is InChI=1S/C8H13N3O/c1-3-9-7-4-5-10-8(11-7)6-12-2/h4-5H,3,6H2,1-2H3,(H,9,10,11). The Morgan fingerprint density at radius 3 is 3.08 bits per heavy atom. The summed E-state index contributed by atoms with van der Waals surface area (Å²) < 4.78 is 4.91. The van der Waals surface area contributed by atoms with Crippen molar-refractivity contribution < 1.29 is 4.74 Å². The van der Waals surface area contributed by atoms with E-state index in [0.717, 1.165) is 12.4 Å². The van der Waals surface area contributed by atoms with Crippen LogP contribution in [-0.2, 0) is 11.3 Å². The Morgan fingerprint density at radius 1 is 1.58 bits per heavy atom. The second-order valence-corrected chi connectivity index (χ2v) is 2.32. The van der Waals surface area contributed by atoms with Gasteiger partial charge in [-0.25, -0.2) is 9.97 Å². The van der Waals surface area contributed by atoms with E-state index in [-0.39, 0.29) is 0 Å². The van der Waals surface area contributed by atoms with Crippen molar-refractivity contribution in [3.05, 3.63) is 18.1 Å². The van der Waals surface area contributed by atoms with E-state index in [1.54, 1.807) is 13.3 Å². The molecule has 4 heteroatoms. The summed E-state index contributed by atoms with van der Waals surface area (Å²) in [5.41, 5.74) is 0. The van der Waals surface area contributed by atoms with E-state index in [4.69, 9.17) is 4.74 Å². The van der Waals surface area contributed by atoms with Crippen molar-refractivity contribution in [1.29, 1.82) is 0 Å². The van der Waals surface area contributed by atoms with Crippen LogP contribution in [0.2, 0.25) is 0 Å². The topological polar surface area (TPSA) is 47.0 Å². The summed E-state index contributed by atoms with van der Waals surface area (Å²) in [6.07, 6.45) is 1.72. The second kappa shape index (κ2) is 4.66. The average Bonchev–Trinajstić information content (AvgIpc) is 2.06. The second-order valence-electron chi connectivity index (χ2n) is 2.32. The van der Waals surface area contributed by atoms with Crippen molar-refractivity contribution in [1.82, 2.24) is 9.97 Å². The zero-order valence-electron chi connectivity index (χ0n) is 7.37. The third kappa shape index (κ3) is 2.47. The molecule has 0 spiro atoms. The van der Waals surface area contributed by atoms with Crippen molar-refractivity contribution in [2.24, 2.45) is 0 Å². The van der Waals surface area contributed by atoms with Gasteiger partial charge in [0, 0.05) is 19.9 Å². The number of hydrogen-bond donors (Lipinski definition) is 1. The van der Waals surface area contributed by atoms with Gasteiger partial charge in [-0.1, -0.05) is 0 Å². The zero-order valence-corrected chi connectivity index (χ0v) is 7.37. The Labute approximate surface area is 72.0 Å². The summed E-state index contributed by atoms with van der Waals surface area (Å²) >= 11 is 0. The molecule has 66 valence electrons. The number of nitrogens with zero attached hydrogens (tertiary/aromatic N) is 2. The summed E-state index contributed by atoms with van der Waals surface area (Å²) in [6.45, 7) is 3.35. The van der Waals surface area contributed by atoms with Crippen molar-refractivity contribution >= 4 is 5.82 Å². The molecule has 0 radical (unpaired) electrons. The van der Waals surface area contributed by atoms with Crippen LogP contribution >= 0.6 is 0 Å². The van der Waals surface area contributed by atoms with Crippen LogP contribution in [0.4, 0.5) is 5.82 Å². The van der Waals surface area contributed by atoms with Crippen LogP contribution < -0.4 is 5.32 Å². The van der Waals surface area contributed by atoms with E-state index in [2.05, 4.69) is 15.3 Å². The number of hydrogen-bond acceptors (Lipinski definition) is 4. The third-order valence-corrected chi connectivity index (χ3v) is 1.34. The first-order chi connectivity index (χ1) is 5.86. The van der Waals surface area contributed by atoms with Gasteiger partial charge in [-0.05, 0) is 13.0 Å². The summed E-state index contributed by atoms with van der Waals surface area (Å²) in [5, 5.41) is 3.10. The van der Waals surface area contributed by atoms with Crippen LogP contribution in [0, 0.1) is 0 Å². The van der Waals surface area contributed by atoms with Crippen LogP contribution in [0.1, 0.15) is 12.7 Å². The van der Waals surface area contributed by atoms with Gasteiger partial charge in [0.15, 0.2) is 5.82 Å². The van der Waals surface area contributed by atoms with Crippen LogP contribution in [0.15, 0.2) is 12.3 Å². The minimum atomic E-state index is 0.458. The SMILES string of the molecule is CCNc1ccnc(COC)n1. The molecule has 0 unspecified atom stereocenters. The lowest BCUT2D eigenvalue weighted by molar-refractivity contribution is 0.178. The van der Waals surface area contributed by atoms with Crippen molar-refractivity contribution in [2.75, 3.05) is 19.0 Å². The maximum Gasteiger partial charge on any atom is 0.156 e. The highest BCUT2D eigenvalue weighted by atomic mass is 16.5. The summed E-state index contributed by atoms with van der Waals surface area (Å²) in [4.78, 5) is 8.24. The first-order valence-electron chi connectivity index (χ1n) is 3.91. The molecule has 0 saturated heterocycles. The quantitative estimate of drug-likeness (QED) is 0.728. The highest BCUT2D eigenvalue weighted by Crippen LogP contribution is 2.01. The molecule has 1 heterocycles. The molecule has 0 aliphatic heterocycles. The molecule has 1 N–H and O–H groups in total. The Hall–Kier alpha value is -1.16. The van der Waals surface area contributed by atoms with E-state index in [1.165, 1.54) is 0 Å². The summed E-state index contributed by atoms with van der Waals surface area (Å²) in [6, 6.07) is 1.84. The molecule has 0 atom stereocenters. The van der Waals surface area contributed by atoms with Gasteiger partial charge in [0.1, 0.15) is 12.4 Å². The van der Waals surface area contributed by atoms with Gasteiger partial charge in [0.2, 0.25) is 0 Å². The molecule has 0 fully saturated rings. The summed E-state index contributed by atoms with van der Waals surface area (Å²) in [5.74, 6) is 1.55. The fraction of sp³-hybridized carbons (Fsp3) is 0.500. The molecular formula is C8H13N3O. The normalized spacial score (nSPS) is 9.83. The summed E-state index contributed by atoms with van der Waals surface area (Å²) in [7, 11) is 1.63. The number of anilines is 1. The number of methoxy groups -OCH3 is 1. The van der Waals surface area contributed by atoms with Gasteiger partial charge in [-0.15, -0.1) is 0 Å². The number of ether oxygens (including phenoxy) is 1. The molecule has 12 heavy (non-hydrogen) atoms. The lowest BCUT2D eigenvalue weighted by atomic mass is 10.5. The van der Waals surface area contributed by atoms with Gasteiger partial charge in [0.25, 0.3) is 0 Å². The fourth-order valence-corrected chi connectivity index (χ4v) is 0.877. The van der Waals surface area contributed by atoms with Gasteiger partial charge >= 0.3 is 0 Å². The van der Waals surface area contributed by atoms with Gasteiger partial charge in [-0.3, -0.25) is 0 Å². The van der Waals surface area contributed by atoms with E-state index >= 15 is 0 Å². The Balaban J connectivity index is 2.67. The molecule has 0 amide bonds. The van der Waals surface area contributed by atoms with Crippen LogP contribution in [-0.4, -0.2) is 23.6 Å². The Morgan fingerprint density at radius 2 is 2.42 bits per heavy atom. The Bertz CT molecular complexity index is 218. The maximum atomic E-state index is 4.91. The smallest absolute Gasteiger partial charge is 0.156 e. The molecule has 0 aliphatic carbocycles. The van der Waals surface area contributed by atoms with E-state index in [1.807, 2.05) is 13.0 Å². The Kier molecular flexibility index (Phi) is 3.47. The molecule has 1 aromatic heterocycles. The molecule has 4 nitrogen and oxygen atoms in total. The lowest BCUT2D eigenvalue weighted by Gasteiger charge is -2.02. The van der Waals surface area contributed by atoms with E-state index in [0.29, 0.717) is 12.4 Å². The van der Waals surface area contributed by atoms with Crippen molar-refractivity contribution in [3.8, 4) is 0 Å². The highest BCUT2D eigenvalue weighted by molar-refractivity contribution is 5.32. The molecule has 0 saturated carbocycles. The molecule has 0 aliphatic rings. The maximum absolute atomic E-state index is 4.91. The minimum Gasteiger partial charge on any atom is -0.377 e. The first kappa shape index (κ1) is 8.93. The molecule has 0 bridgehead atoms. The third-order valence-electron chi connectivity index (χ3n) is 1.34. The van der Waals surface area contributed by atoms with Gasteiger partial charge in [-0.2, -0.15) is 0 Å². The zero-order chi connectivity index (χ0) is 8.81. The first-order valence-corrected chi connectivity index (χ1v) is 3.91. The van der Waals surface area contributed by atoms with Crippen LogP contribution in [0.25, 0.3) is 0 Å². The van der Waals surface area contributed by atoms with Crippen molar-refractivity contribution in [3.63, 3.8) is 0 Å². The number of nitrogens with one attached hydrogen (secondary N) is 1. The predicted molar refractivity (Wildman–Crippen MR) is 46.9 cm³/mol. The molecule has 0 aromatic carbocycles. The highest BCUT2D eigenvalue weighted by Gasteiger charge is 1.96.